The summed E-state index contributed by atoms with van der Waals surface area (Å²) in [4.78, 5) is 24.1. The second-order valence-corrected chi connectivity index (χ2v) is 5.08. The third-order valence-electron chi connectivity index (χ3n) is 2.53. The SMILES string of the molecule is CCOC(=O)CN(CC(C)C)C(=O)C(C)(N)C(F)(F)F. The van der Waals surface area contributed by atoms with Gasteiger partial charge < -0.3 is 15.4 Å². The first-order chi connectivity index (χ1) is 8.93. The molecule has 0 spiro atoms. The lowest BCUT2D eigenvalue weighted by molar-refractivity contribution is -0.195. The van der Waals surface area contributed by atoms with Gasteiger partial charge in [-0.15, -0.1) is 0 Å². The minimum atomic E-state index is -4.89. The van der Waals surface area contributed by atoms with Crippen LogP contribution in [0.5, 0.6) is 0 Å². The van der Waals surface area contributed by atoms with E-state index in [9.17, 15) is 22.8 Å². The normalized spacial score (nSPS) is 14.8. The fourth-order valence-electron chi connectivity index (χ4n) is 1.47. The van der Waals surface area contributed by atoms with E-state index in [-0.39, 0.29) is 19.1 Å². The van der Waals surface area contributed by atoms with Crippen molar-refractivity contribution in [3.63, 3.8) is 0 Å². The molecule has 0 aliphatic carbocycles. The maximum Gasteiger partial charge on any atom is 0.415 e. The summed E-state index contributed by atoms with van der Waals surface area (Å²) in [5, 5.41) is 0. The van der Waals surface area contributed by atoms with Crippen molar-refractivity contribution < 1.29 is 27.5 Å². The van der Waals surface area contributed by atoms with Crippen LogP contribution in [0.2, 0.25) is 0 Å². The molecule has 0 saturated carbocycles. The highest BCUT2D eigenvalue weighted by Crippen LogP contribution is 2.29. The van der Waals surface area contributed by atoms with E-state index in [1.807, 2.05) is 0 Å². The molecule has 1 amide bonds. The Morgan fingerprint density at radius 1 is 1.30 bits per heavy atom. The Morgan fingerprint density at radius 3 is 2.15 bits per heavy atom. The molecule has 0 rings (SSSR count). The molecule has 1 atom stereocenters. The Hall–Kier alpha value is -1.31. The second kappa shape index (κ2) is 6.92. The molecule has 0 aromatic rings. The van der Waals surface area contributed by atoms with Crippen molar-refractivity contribution in [1.82, 2.24) is 4.90 Å². The summed E-state index contributed by atoms with van der Waals surface area (Å²) in [7, 11) is 0. The molecule has 0 aliphatic heterocycles. The number of halogens is 3. The molecule has 1 unspecified atom stereocenters. The molecule has 5 nitrogen and oxygen atoms in total. The van der Waals surface area contributed by atoms with E-state index in [4.69, 9.17) is 5.73 Å². The van der Waals surface area contributed by atoms with Gasteiger partial charge in [0.05, 0.1) is 6.61 Å². The lowest BCUT2D eigenvalue weighted by Gasteiger charge is -2.33. The van der Waals surface area contributed by atoms with Crippen molar-refractivity contribution in [1.29, 1.82) is 0 Å². The maximum absolute atomic E-state index is 12.8. The largest absolute Gasteiger partial charge is 0.465 e. The fourth-order valence-corrected chi connectivity index (χ4v) is 1.47. The van der Waals surface area contributed by atoms with Crippen LogP contribution in [0, 0.1) is 5.92 Å². The zero-order chi connectivity index (χ0) is 16.1. The number of alkyl halides is 3. The van der Waals surface area contributed by atoms with Crippen LogP contribution in [-0.4, -0.2) is 48.2 Å². The van der Waals surface area contributed by atoms with Gasteiger partial charge in [-0.05, 0) is 19.8 Å². The summed E-state index contributed by atoms with van der Waals surface area (Å²) in [6, 6.07) is 0. The van der Waals surface area contributed by atoms with Crippen LogP contribution in [-0.2, 0) is 14.3 Å². The number of hydrogen-bond donors (Lipinski definition) is 1. The molecule has 0 saturated heterocycles. The van der Waals surface area contributed by atoms with E-state index in [2.05, 4.69) is 4.74 Å². The summed E-state index contributed by atoms with van der Waals surface area (Å²) in [6.45, 7) is 5.11. The Balaban J connectivity index is 5.13. The van der Waals surface area contributed by atoms with E-state index in [0.29, 0.717) is 6.92 Å². The smallest absolute Gasteiger partial charge is 0.415 e. The molecule has 0 aliphatic rings. The van der Waals surface area contributed by atoms with Crippen LogP contribution < -0.4 is 5.73 Å². The maximum atomic E-state index is 12.8. The average Bonchev–Trinajstić information content (AvgIpc) is 2.25. The number of amides is 1. The van der Waals surface area contributed by atoms with Gasteiger partial charge in [0.15, 0.2) is 5.54 Å². The van der Waals surface area contributed by atoms with Crippen molar-refractivity contribution >= 4 is 11.9 Å². The first-order valence-corrected chi connectivity index (χ1v) is 6.24. The van der Waals surface area contributed by atoms with Gasteiger partial charge in [0.2, 0.25) is 0 Å². The fraction of sp³-hybridized carbons (Fsp3) is 0.833. The number of nitrogens with two attached hydrogens (primary N) is 1. The summed E-state index contributed by atoms with van der Waals surface area (Å²) in [6.07, 6.45) is -4.89. The Labute approximate surface area is 116 Å². The molecule has 0 fully saturated rings. The van der Waals surface area contributed by atoms with E-state index in [1.54, 1.807) is 20.8 Å². The van der Waals surface area contributed by atoms with E-state index < -0.39 is 30.1 Å². The first kappa shape index (κ1) is 18.7. The molecular formula is C12H21F3N2O3. The minimum Gasteiger partial charge on any atom is -0.465 e. The van der Waals surface area contributed by atoms with Crippen molar-refractivity contribution in [2.45, 2.75) is 39.4 Å². The van der Waals surface area contributed by atoms with Crippen molar-refractivity contribution in [2.75, 3.05) is 19.7 Å². The molecule has 0 radical (unpaired) electrons. The molecule has 0 heterocycles. The quantitative estimate of drug-likeness (QED) is 0.751. The number of carbonyl (C=O) groups excluding carboxylic acids is 2. The molecule has 0 bridgehead atoms. The summed E-state index contributed by atoms with van der Waals surface area (Å²) >= 11 is 0. The summed E-state index contributed by atoms with van der Waals surface area (Å²) < 4.78 is 43.0. The van der Waals surface area contributed by atoms with Gasteiger partial charge in [0.1, 0.15) is 6.54 Å². The van der Waals surface area contributed by atoms with Gasteiger partial charge >= 0.3 is 12.1 Å². The molecule has 0 aromatic heterocycles. The van der Waals surface area contributed by atoms with Crippen molar-refractivity contribution in [3.8, 4) is 0 Å². The standard InChI is InChI=1S/C12H21F3N2O3/c1-5-20-9(18)7-17(6-8(2)3)10(19)11(4,16)12(13,14)15/h8H,5-7,16H2,1-4H3. The summed E-state index contributed by atoms with van der Waals surface area (Å²) in [5.74, 6) is -2.22. The van der Waals surface area contributed by atoms with Crippen LogP contribution >= 0.6 is 0 Å². The van der Waals surface area contributed by atoms with Crippen LogP contribution in [0.1, 0.15) is 27.7 Å². The van der Waals surface area contributed by atoms with Gasteiger partial charge in [0.25, 0.3) is 5.91 Å². The molecule has 20 heavy (non-hydrogen) atoms. The van der Waals surface area contributed by atoms with Gasteiger partial charge in [-0.1, -0.05) is 13.8 Å². The van der Waals surface area contributed by atoms with Gasteiger partial charge in [-0.2, -0.15) is 13.2 Å². The van der Waals surface area contributed by atoms with Crippen molar-refractivity contribution in [2.24, 2.45) is 11.7 Å². The van der Waals surface area contributed by atoms with Crippen LogP contribution in [0.3, 0.4) is 0 Å². The lowest BCUT2D eigenvalue weighted by atomic mass is 10.0. The average molecular weight is 298 g/mol. The number of ether oxygens (including phenoxy) is 1. The number of hydrogen-bond acceptors (Lipinski definition) is 4. The van der Waals surface area contributed by atoms with Crippen LogP contribution in [0.25, 0.3) is 0 Å². The molecule has 118 valence electrons. The number of esters is 1. The van der Waals surface area contributed by atoms with Crippen LogP contribution in [0.4, 0.5) is 13.2 Å². The van der Waals surface area contributed by atoms with E-state index in [1.165, 1.54) is 0 Å². The Bertz CT molecular complexity index is 354. The van der Waals surface area contributed by atoms with Gasteiger partial charge in [-0.3, -0.25) is 9.59 Å². The highest BCUT2D eigenvalue weighted by molar-refractivity contribution is 5.89. The van der Waals surface area contributed by atoms with Crippen molar-refractivity contribution in [3.05, 3.63) is 0 Å². The highest BCUT2D eigenvalue weighted by atomic mass is 19.4. The lowest BCUT2D eigenvalue weighted by Crippen LogP contribution is -2.63. The topological polar surface area (TPSA) is 72.6 Å². The molecule has 2 N–H and O–H groups in total. The molecule has 0 aromatic carbocycles. The minimum absolute atomic E-state index is 0.0134. The third kappa shape index (κ3) is 4.99. The predicted octanol–water partition coefficient (Wildman–Crippen LogP) is 1.31. The first-order valence-electron chi connectivity index (χ1n) is 6.24. The monoisotopic (exact) mass is 298 g/mol. The van der Waals surface area contributed by atoms with Crippen LogP contribution in [0.15, 0.2) is 0 Å². The second-order valence-electron chi connectivity index (χ2n) is 5.08. The Kier molecular flexibility index (Phi) is 6.46. The van der Waals surface area contributed by atoms with E-state index >= 15 is 0 Å². The highest BCUT2D eigenvalue weighted by Gasteiger charge is 2.55. The number of carbonyl (C=O) groups is 2. The Morgan fingerprint density at radius 2 is 1.80 bits per heavy atom. The van der Waals surface area contributed by atoms with E-state index in [0.717, 1.165) is 4.90 Å². The molecule has 8 heteroatoms. The zero-order valence-corrected chi connectivity index (χ0v) is 12.1. The van der Waals surface area contributed by atoms with Gasteiger partial charge in [0, 0.05) is 6.54 Å². The van der Waals surface area contributed by atoms with Gasteiger partial charge in [-0.25, -0.2) is 0 Å². The third-order valence-corrected chi connectivity index (χ3v) is 2.53. The zero-order valence-electron chi connectivity index (χ0n) is 12.1. The number of nitrogens with zero attached hydrogens (tertiary/aromatic N) is 1. The predicted molar refractivity (Wildman–Crippen MR) is 66.7 cm³/mol. The number of rotatable bonds is 6. The molecular weight excluding hydrogens is 277 g/mol. The summed E-state index contributed by atoms with van der Waals surface area (Å²) in [5.41, 5.74) is 2.06.